The summed E-state index contributed by atoms with van der Waals surface area (Å²) >= 11 is 6.09. The first kappa shape index (κ1) is 19.6. The first-order valence-electron chi connectivity index (χ1n) is 8.55. The predicted octanol–water partition coefficient (Wildman–Crippen LogP) is 3.93. The Morgan fingerprint density at radius 3 is 2.39 bits per heavy atom. The van der Waals surface area contributed by atoms with E-state index in [-0.39, 0.29) is 23.7 Å². The second kappa shape index (κ2) is 8.27. The van der Waals surface area contributed by atoms with Crippen molar-refractivity contribution in [2.45, 2.75) is 13.5 Å². The quantitative estimate of drug-likeness (QED) is 0.342. The summed E-state index contributed by atoms with van der Waals surface area (Å²) < 4.78 is 11.8. The highest BCUT2D eigenvalue weighted by molar-refractivity contribution is 6.51. The number of ketones is 2. The van der Waals surface area contributed by atoms with Gasteiger partial charge in [-0.15, -0.1) is 0 Å². The normalized spacial score (nSPS) is 10.7. The number of hydrogen-bond donors (Lipinski definition) is 0. The van der Waals surface area contributed by atoms with Gasteiger partial charge in [0.15, 0.2) is 0 Å². The van der Waals surface area contributed by atoms with E-state index in [9.17, 15) is 14.4 Å². The first-order chi connectivity index (χ1) is 13.4. The number of carbonyl (C=O) groups excluding carboxylic acids is 3. The number of ether oxygens (including phenoxy) is 2. The molecule has 0 aliphatic rings. The molecule has 0 amide bonds. The largest absolute Gasteiger partial charge is 0.497 e. The van der Waals surface area contributed by atoms with Gasteiger partial charge in [-0.25, -0.2) is 0 Å². The third kappa shape index (κ3) is 4.07. The number of nitrogens with zero attached hydrogens (tertiary/aromatic N) is 1. The van der Waals surface area contributed by atoms with E-state index in [0.717, 1.165) is 5.52 Å². The summed E-state index contributed by atoms with van der Waals surface area (Å²) in [5, 5.41) is 1.03. The lowest BCUT2D eigenvalue weighted by Gasteiger charge is -2.05. The van der Waals surface area contributed by atoms with Crippen LogP contribution in [0.25, 0.3) is 10.9 Å². The Bertz CT molecular complexity index is 1050. The van der Waals surface area contributed by atoms with E-state index in [4.69, 9.17) is 21.1 Å². The van der Waals surface area contributed by atoms with Crippen molar-refractivity contribution in [3.8, 4) is 5.75 Å². The molecule has 0 N–H and O–H groups in total. The van der Waals surface area contributed by atoms with E-state index in [0.29, 0.717) is 22.7 Å². The van der Waals surface area contributed by atoms with Crippen LogP contribution in [-0.2, 0) is 16.1 Å². The molecular formula is C21H18ClNO5. The van der Waals surface area contributed by atoms with Gasteiger partial charge in [0.05, 0.1) is 19.2 Å². The van der Waals surface area contributed by atoms with Crippen molar-refractivity contribution in [3.63, 3.8) is 0 Å². The number of benzene rings is 2. The highest BCUT2D eigenvalue weighted by Crippen LogP contribution is 2.26. The summed E-state index contributed by atoms with van der Waals surface area (Å²) in [5.74, 6) is -1.05. The topological polar surface area (TPSA) is 74.6 Å². The number of hydrogen-bond acceptors (Lipinski definition) is 5. The van der Waals surface area contributed by atoms with Crippen LogP contribution in [0.2, 0.25) is 5.02 Å². The molecule has 144 valence electrons. The molecule has 7 heteroatoms. The Balaban J connectivity index is 1.96. The van der Waals surface area contributed by atoms with Crippen LogP contribution in [-0.4, -0.2) is 35.8 Å². The lowest BCUT2D eigenvalue weighted by molar-refractivity contribution is -0.141. The van der Waals surface area contributed by atoms with Gasteiger partial charge < -0.3 is 14.0 Å². The zero-order valence-corrected chi connectivity index (χ0v) is 16.2. The van der Waals surface area contributed by atoms with E-state index in [1.807, 2.05) is 0 Å². The number of carbonyl (C=O) groups is 3. The second-order valence-electron chi connectivity index (χ2n) is 6.12. The van der Waals surface area contributed by atoms with Gasteiger partial charge in [-0.2, -0.15) is 0 Å². The van der Waals surface area contributed by atoms with Crippen molar-refractivity contribution in [1.29, 1.82) is 0 Å². The second-order valence-corrected chi connectivity index (χ2v) is 6.56. The van der Waals surface area contributed by atoms with E-state index in [1.165, 1.54) is 14.0 Å². The van der Waals surface area contributed by atoms with Gasteiger partial charge in [0.25, 0.3) is 0 Å². The zero-order chi connectivity index (χ0) is 20.3. The van der Waals surface area contributed by atoms with Gasteiger partial charge in [-0.1, -0.05) is 11.6 Å². The van der Waals surface area contributed by atoms with Gasteiger partial charge in [0.2, 0.25) is 11.6 Å². The molecule has 0 spiro atoms. The molecule has 28 heavy (non-hydrogen) atoms. The minimum Gasteiger partial charge on any atom is -0.497 e. The lowest BCUT2D eigenvalue weighted by atomic mass is 10.0. The summed E-state index contributed by atoms with van der Waals surface area (Å²) in [7, 11) is 1.52. The standard InChI is InChI=1S/C21H18ClNO5/c1-13(24)28-10-9-23-12-18(17-11-15(22)5-8-19(17)23)21(26)20(25)14-3-6-16(27-2)7-4-14/h3-8,11-12H,9-10H2,1-2H3. The SMILES string of the molecule is COc1ccc(C(=O)C(=O)c2cn(CCOC(C)=O)c3ccc(Cl)cc23)cc1. The number of halogens is 1. The molecule has 0 radical (unpaired) electrons. The molecule has 0 aliphatic carbocycles. The van der Waals surface area contributed by atoms with E-state index >= 15 is 0 Å². The first-order valence-corrected chi connectivity index (χ1v) is 8.93. The fraction of sp³-hybridized carbons (Fsp3) is 0.190. The number of esters is 1. The maximum atomic E-state index is 12.9. The van der Waals surface area contributed by atoms with Crippen LogP contribution in [0.4, 0.5) is 0 Å². The van der Waals surface area contributed by atoms with Gasteiger partial charge in [-0.3, -0.25) is 14.4 Å². The van der Waals surface area contributed by atoms with Gasteiger partial charge >= 0.3 is 5.97 Å². The molecule has 0 bridgehead atoms. The third-order valence-corrected chi connectivity index (χ3v) is 4.52. The molecule has 0 fully saturated rings. The Kier molecular flexibility index (Phi) is 5.80. The van der Waals surface area contributed by atoms with Crippen LogP contribution in [0, 0.1) is 0 Å². The van der Waals surface area contributed by atoms with Gasteiger partial charge in [-0.05, 0) is 42.5 Å². The molecule has 1 aromatic heterocycles. The van der Waals surface area contributed by atoms with Crippen LogP contribution >= 0.6 is 11.6 Å². The van der Waals surface area contributed by atoms with Crippen LogP contribution < -0.4 is 4.74 Å². The predicted molar refractivity (Wildman–Crippen MR) is 105 cm³/mol. The van der Waals surface area contributed by atoms with Gasteiger partial charge in [0.1, 0.15) is 12.4 Å². The van der Waals surface area contributed by atoms with Gasteiger partial charge in [0, 0.05) is 34.6 Å². The number of aromatic nitrogens is 1. The summed E-state index contributed by atoms with van der Waals surface area (Å²) in [6, 6.07) is 11.5. The van der Waals surface area contributed by atoms with Crippen molar-refractivity contribution in [3.05, 3.63) is 64.8 Å². The monoisotopic (exact) mass is 399 g/mol. The van der Waals surface area contributed by atoms with Crippen LogP contribution in [0.1, 0.15) is 27.6 Å². The van der Waals surface area contributed by atoms with Crippen molar-refractivity contribution >= 4 is 40.0 Å². The lowest BCUT2D eigenvalue weighted by Crippen LogP contribution is -2.14. The molecule has 0 atom stereocenters. The Hall–Kier alpha value is -3.12. The fourth-order valence-electron chi connectivity index (χ4n) is 2.92. The van der Waals surface area contributed by atoms with E-state index < -0.39 is 11.6 Å². The number of rotatable bonds is 7. The number of methoxy groups -OCH3 is 1. The fourth-order valence-corrected chi connectivity index (χ4v) is 3.09. The average Bonchev–Trinajstić information content (AvgIpc) is 3.04. The maximum absolute atomic E-state index is 12.9. The van der Waals surface area contributed by atoms with Crippen LogP contribution in [0.15, 0.2) is 48.7 Å². The highest BCUT2D eigenvalue weighted by Gasteiger charge is 2.23. The van der Waals surface area contributed by atoms with E-state index in [2.05, 4.69) is 0 Å². The molecule has 0 saturated carbocycles. The van der Waals surface area contributed by atoms with Crippen molar-refractivity contribution < 1.29 is 23.9 Å². The summed E-state index contributed by atoms with van der Waals surface area (Å²) in [5.41, 5.74) is 1.25. The summed E-state index contributed by atoms with van der Waals surface area (Å²) in [6.07, 6.45) is 1.59. The molecule has 3 rings (SSSR count). The molecular weight excluding hydrogens is 382 g/mol. The Morgan fingerprint density at radius 2 is 1.75 bits per heavy atom. The molecule has 0 aliphatic heterocycles. The zero-order valence-electron chi connectivity index (χ0n) is 15.4. The average molecular weight is 400 g/mol. The molecule has 6 nitrogen and oxygen atoms in total. The molecule has 0 unspecified atom stereocenters. The highest BCUT2D eigenvalue weighted by atomic mass is 35.5. The van der Waals surface area contributed by atoms with Crippen molar-refractivity contribution in [1.82, 2.24) is 4.57 Å². The molecule has 1 heterocycles. The smallest absolute Gasteiger partial charge is 0.302 e. The van der Waals surface area contributed by atoms with Crippen molar-refractivity contribution in [2.75, 3.05) is 13.7 Å². The summed E-state index contributed by atoms with van der Waals surface area (Å²) in [4.78, 5) is 36.6. The number of Topliss-reactive ketones (excluding diaryl/α,β-unsaturated/α-hetero) is 2. The third-order valence-electron chi connectivity index (χ3n) is 4.28. The Morgan fingerprint density at radius 1 is 1.04 bits per heavy atom. The minimum atomic E-state index is -0.635. The Labute approximate surface area is 166 Å². The summed E-state index contributed by atoms with van der Waals surface area (Å²) in [6.45, 7) is 1.83. The number of fused-ring (bicyclic) bond motifs is 1. The van der Waals surface area contributed by atoms with E-state index in [1.54, 1.807) is 53.2 Å². The van der Waals surface area contributed by atoms with Crippen LogP contribution in [0.5, 0.6) is 5.75 Å². The minimum absolute atomic E-state index is 0.155. The molecule has 3 aromatic rings. The van der Waals surface area contributed by atoms with Crippen LogP contribution in [0.3, 0.4) is 0 Å². The molecule has 2 aromatic carbocycles. The molecule has 0 saturated heterocycles. The maximum Gasteiger partial charge on any atom is 0.302 e. The van der Waals surface area contributed by atoms with Crippen molar-refractivity contribution in [2.24, 2.45) is 0 Å².